The maximum Gasteiger partial charge on any atom is 0.263 e. The molecule has 2 aliphatic rings. The summed E-state index contributed by atoms with van der Waals surface area (Å²) in [7, 11) is 0. The standard InChI is InChI=1S/C22H26N6O2S/c1-2-11-27-20(30)17-5-3-4-6-18(17)28-21(27)24-25-22(28)31-14-19(29)23-15-9-12-26(13-10-15)16-7-8-16/h2-6,15-16H,1,7-14H2,(H,23,29). The van der Waals surface area contributed by atoms with E-state index in [0.717, 1.165) is 37.5 Å². The van der Waals surface area contributed by atoms with E-state index in [1.165, 1.54) is 24.6 Å². The molecule has 8 nitrogen and oxygen atoms in total. The maximum atomic E-state index is 12.9. The number of nitrogens with zero attached hydrogens (tertiary/aromatic N) is 5. The van der Waals surface area contributed by atoms with E-state index in [9.17, 15) is 9.59 Å². The summed E-state index contributed by atoms with van der Waals surface area (Å²) in [5.41, 5.74) is 0.616. The summed E-state index contributed by atoms with van der Waals surface area (Å²) in [6, 6.07) is 8.44. The first-order valence-electron chi connectivity index (χ1n) is 10.8. The Kier molecular flexibility index (Phi) is 5.54. The van der Waals surface area contributed by atoms with Gasteiger partial charge in [0.2, 0.25) is 11.7 Å². The van der Waals surface area contributed by atoms with Crippen LogP contribution in [0.15, 0.2) is 46.9 Å². The lowest BCUT2D eigenvalue weighted by molar-refractivity contribution is -0.119. The van der Waals surface area contributed by atoms with Gasteiger partial charge in [0, 0.05) is 31.7 Å². The van der Waals surface area contributed by atoms with E-state index in [1.54, 1.807) is 16.7 Å². The van der Waals surface area contributed by atoms with Crippen LogP contribution in [0.3, 0.4) is 0 Å². The number of para-hydroxylation sites is 1. The fourth-order valence-corrected chi connectivity index (χ4v) is 5.12. The van der Waals surface area contributed by atoms with Crippen LogP contribution in [-0.4, -0.2) is 60.9 Å². The van der Waals surface area contributed by atoms with Crippen molar-refractivity contribution in [1.29, 1.82) is 0 Å². The average Bonchev–Trinajstić information content (AvgIpc) is 3.55. The van der Waals surface area contributed by atoms with Crippen LogP contribution >= 0.6 is 11.8 Å². The molecule has 1 aliphatic carbocycles. The Hall–Kier alpha value is -2.65. The van der Waals surface area contributed by atoms with Crippen LogP contribution in [0.2, 0.25) is 0 Å². The summed E-state index contributed by atoms with van der Waals surface area (Å²) in [5, 5.41) is 12.9. The summed E-state index contributed by atoms with van der Waals surface area (Å²) < 4.78 is 3.41. The third-order valence-electron chi connectivity index (χ3n) is 6.08. The first kappa shape index (κ1) is 20.3. The van der Waals surface area contributed by atoms with Crippen LogP contribution in [0.25, 0.3) is 16.7 Å². The molecular formula is C22H26N6O2S. The number of aromatic nitrogens is 4. The van der Waals surface area contributed by atoms with Crippen LogP contribution in [0.1, 0.15) is 25.7 Å². The predicted molar refractivity (Wildman–Crippen MR) is 121 cm³/mol. The van der Waals surface area contributed by atoms with Gasteiger partial charge in [-0.15, -0.1) is 16.8 Å². The number of thioether (sulfide) groups is 1. The Bertz CT molecular complexity index is 1190. The highest BCUT2D eigenvalue weighted by Gasteiger charge is 2.32. The Morgan fingerprint density at radius 2 is 1.97 bits per heavy atom. The maximum absolute atomic E-state index is 12.9. The van der Waals surface area contributed by atoms with Crippen molar-refractivity contribution in [2.75, 3.05) is 18.8 Å². The number of rotatable bonds is 7. The highest BCUT2D eigenvalue weighted by atomic mass is 32.2. The molecule has 31 heavy (non-hydrogen) atoms. The second-order valence-electron chi connectivity index (χ2n) is 8.24. The Morgan fingerprint density at radius 3 is 2.71 bits per heavy atom. The van der Waals surface area contributed by atoms with Crippen molar-refractivity contribution < 1.29 is 4.79 Å². The van der Waals surface area contributed by atoms with Gasteiger partial charge >= 0.3 is 0 Å². The van der Waals surface area contributed by atoms with Crippen LogP contribution < -0.4 is 10.9 Å². The highest BCUT2D eigenvalue weighted by molar-refractivity contribution is 7.99. The number of fused-ring (bicyclic) bond motifs is 3. The quantitative estimate of drug-likeness (QED) is 0.449. The number of hydrogen-bond acceptors (Lipinski definition) is 6. The van der Waals surface area contributed by atoms with Crippen molar-refractivity contribution >= 4 is 34.3 Å². The highest BCUT2D eigenvalue weighted by Crippen LogP contribution is 2.29. The summed E-state index contributed by atoms with van der Waals surface area (Å²) >= 11 is 1.34. The molecule has 0 spiro atoms. The number of likely N-dealkylation sites (tertiary alicyclic amines) is 1. The van der Waals surface area contributed by atoms with E-state index in [4.69, 9.17) is 0 Å². The van der Waals surface area contributed by atoms with E-state index in [-0.39, 0.29) is 23.3 Å². The van der Waals surface area contributed by atoms with E-state index in [2.05, 4.69) is 27.0 Å². The molecule has 3 aromatic rings. The minimum absolute atomic E-state index is 0.00957. The molecule has 2 fully saturated rings. The summed E-state index contributed by atoms with van der Waals surface area (Å²) in [5.74, 6) is 0.729. The molecule has 0 unspecified atom stereocenters. The Morgan fingerprint density at radius 1 is 1.19 bits per heavy atom. The first-order chi connectivity index (χ1) is 15.2. The lowest BCUT2D eigenvalue weighted by Crippen LogP contribution is -2.45. The van der Waals surface area contributed by atoms with Crippen LogP contribution in [0.5, 0.6) is 0 Å². The van der Waals surface area contributed by atoms with E-state index in [0.29, 0.717) is 22.9 Å². The Labute approximate surface area is 184 Å². The fraction of sp³-hybridized carbons (Fsp3) is 0.455. The number of hydrogen-bond donors (Lipinski definition) is 1. The number of benzene rings is 1. The van der Waals surface area contributed by atoms with Crippen LogP contribution in [-0.2, 0) is 11.3 Å². The molecule has 162 valence electrons. The summed E-state index contributed by atoms with van der Waals surface area (Å²) in [4.78, 5) is 28.0. The van der Waals surface area contributed by atoms with Gasteiger partial charge in [-0.05, 0) is 37.8 Å². The lowest BCUT2D eigenvalue weighted by atomic mass is 10.1. The first-order valence-corrected chi connectivity index (χ1v) is 11.8. The van der Waals surface area contributed by atoms with Gasteiger partial charge in [-0.2, -0.15) is 0 Å². The topological polar surface area (TPSA) is 84.5 Å². The normalized spacial score (nSPS) is 17.9. The van der Waals surface area contributed by atoms with Crippen molar-refractivity contribution in [3.63, 3.8) is 0 Å². The number of carbonyl (C=O) groups excluding carboxylic acids is 1. The van der Waals surface area contributed by atoms with E-state index >= 15 is 0 Å². The van der Waals surface area contributed by atoms with Crippen LogP contribution in [0, 0.1) is 0 Å². The fourth-order valence-electron chi connectivity index (χ4n) is 4.37. The zero-order valence-corrected chi connectivity index (χ0v) is 18.2. The molecule has 1 aliphatic heterocycles. The zero-order valence-electron chi connectivity index (χ0n) is 17.4. The van der Waals surface area contributed by atoms with Crippen molar-refractivity contribution in [3.8, 4) is 0 Å². The third-order valence-corrected chi connectivity index (χ3v) is 7.01. The zero-order chi connectivity index (χ0) is 21.4. The third kappa shape index (κ3) is 3.99. The molecule has 0 radical (unpaired) electrons. The molecule has 0 atom stereocenters. The number of carbonyl (C=O) groups is 1. The van der Waals surface area contributed by atoms with Crippen molar-refractivity contribution in [1.82, 2.24) is 29.4 Å². The minimum atomic E-state index is -0.123. The molecule has 1 amide bonds. The molecule has 3 heterocycles. The SMILES string of the molecule is C=CCn1c(=O)c2ccccc2n2c(SCC(=O)NC3CCN(C4CC4)CC3)nnc12. The number of piperidine rings is 1. The number of allylic oxidation sites excluding steroid dienone is 1. The van der Waals surface area contributed by atoms with Gasteiger partial charge in [-0.25, -0.2) is 0 Å². The summed E-state index contributed by atoms with van der Waals surface area (Å²) in [6.07, 6.45) is 6.35. The second-order valence-corrected chi connectivity index (χ2v) is 9.18. The lowest BCUT2D eigenvalue weighted by Gasteiger charge is -2.32. The monoisotopic (exact) mass is 438 g/mol. The van der Waals surface area contributed by atoms with Gasteiger partial charge < -0.3 is 10.2 Å². The molecule has 9 heteroatoms. The average molecular weight is 439 g/mol. The molecule has 1 saturated carbocycles. The predicted octanol–water partition coefficient (Wildman–Crippen LogP) is 2.07. The van der Waals surface area contributed by atoms with Gasteiger partial charge in [0.05, 0.1) is 16.7 Å². The summed E-state index contributed by atoms with van der Waals surface area (Å²) in [6.45, 7) is 6.24. The van der Waals surface area contributed by atoms with E-state index < -0.39 is 0 Å². The number of amides is 1. The van der Waals surface area contributed by atoms with Crippen molar-refractivity contribution in [3.05, 3.63) is 47.3 Å². The molecule has 5 rings (SSSR count). The number of nitrogens with one attached hydrogen (secondary N) is 1. The molecule has 1 aromatic carbocycles. The van der Waals surface area contributed by atoms with Gasteiger partial charge in [0.25, 0.3) is 5.56 Å². The van der Waals surface area contributed by atoms with E-state index in [1.807, 2.05) is 22.6 Å². The molecular weight excluding hydrogens is 412 g/mol. The van der Waals surface area contributed by atoms with Gasteiger partial charge in [-0.1, -0.05) is 30.0 Å². The Balaban J connectivity index is 1.32. The largest absolute Gasteiger partial charge is 0.353 e. The second kappa shape index (κ2) is 8.47. The van der Waals surface area contributed by atoms with Gasteiger partial charge in [0.15, 0.2) is 5.16 Å². The van der Waals surface area contributed by atoms with Crippen LogP contribution in [0.4, 0.5) is 0 Å². The van der Waals surface area contributed by atoms with Crippen molar-refractivity contribution in [2.45, 2.75) is 49.5 Å². The smallest absolute Gasteiger partial charge is 0.263 e. The van der Waals surface area contributed by atoms with Crippen molar-refractivity contribution in [2.24, 2.45) is 0 Å². The molecule has 1 N–H and O–H groups in total. The van der Waals surface area contributed by atoms with Gasteiger partial charge in [0.1, 0.15) is 0 Å². The molecule has 1 saturated heterocycles. The minimum Gasteiger partial charge on any atom is -0.353 e. The van der Waals surface area contributed by atoms with Gasteiger partial charge in [-0.3, -0.25) is 18.6 Å². The molecule has 2 aromatic heterocycles. The molecule has 0 bridgehead atoms.